The average molecular weight is 236 g/mol. The van der Waals surface area contributed by atoms with Crippen LogP contribution in [0.1, 0.15) is 42.7 Å². The lowest BCUT2D eigenvalue weighted by atomic mass is 10.2. The highest BCUT2D eigenvalue weighted by molar-refractivity contribution is 5.90. The van der Waals surface area contributed by atoms with E-state index in [4.69, 9.17) is 0 Å². The van der Waals surface area contributed by atoms with E-state index in [-0.39, 0.29) is 5.97 Å². The standard InChI is InChI=1S/C13H20N2O2/c1-5-6-9(2)14-12-8-7-11(10(3)15-12)13(16)17-4/h7-9H,5-6H2,1-4H3,(H,14,15). The second kappa shape index (κ2) is 6.23. The summed E-state index contributed by atoms with van der Waals surface area (Å²) in [4.78, 5) is 15.7. The second-order valence-electron chi connectivity index (χ2n) is 4.16. The monoisotopic (exact) mass is 236 g/mol. The lowest BCUT2D eigenvalue weighted by Gasteiger charge is -2.14. The Morgan fingerprint density at radius 3 is 2.76 bits per heavy atom. The molecule has 1 aromatic rings. The van der Waals surface area contributed by atoms with Crippen molar-refractivity contribution in [3.63, 3.8) is 0 Å². The molecule has 1 N–H and O–H groups in total. The van der Waals surface area contributed by atoms with Crippen LogP contribution in [0.25, 0.3) is 0 Å². The molecule has 17 heavy (non-hydrogen) atoms. The third-order valence-electron chi connectivity index (χ3n) is 2.61. The fraction of sp³-hybridized carbons (Fsp3) is 0.538. The molecule has 1 atom stereocenters. The summed E-state index contributed by atoms with van der Waals surface area (Å²) in [7, 11) is 1.37. The summed E-state index contributed by atoms with van der Waals surface area (Å²) >= 11 is 0. The van der Waals surface area contributed by atoms with Gasteiger partial charge < -0.3 is 10.1 Å². The number of aryl methyl sites for hydroxylation is 1. The summed E-state index contributed by atoms with van der Waals surface area (Å²) in [5.74, 6) is 0.458. The van der Waals surface area contributed by atoms with Crippen LogP contribution in [0.5, 0.6) is 0 Å². The maximum atomic E-state index is 11.4. The number of pyridine rings is 1. The maximum Gasteiger partial charge on any atom is 0.339 e. The van der Waals surface area contributed by atoms with E-state index in [0.717, 1.165) is 18.7 Å². The van der Waals surface area contributed by atoms with Crippen molar-refractivity contribution in [1.82, 2.24) is 4.98 Å². The minimum Gasteiger partial charge on any atom is -0.465 e. The molecule has 0 aliphatic rings. The number of nitrogens with zero attached hydrogens (tertiary/aromatic N) is 1. The third kappa shape index (κ3) is 3.73. The lowest BCUT2D eigenvalue weighted by molar-refractivity contribution is 0.0599. The minimum absolute atomic E-state index is 0.344. The van der Waals surface area contributed by atoms with Crippen molar-refractivity contribution in [3.05, 3.63) is 23.4 Å². The number of carbonyl (C=O) groups is 1. The van der Waals surface area contributed by atoms with Crippen molar-refractivity contribution in [3.8, 4) is 0 Å². The van der Waals surface area contributed by atoms with Crippen LogP contribution < -0.4 is 5.32 Å². The number of esters is 1. The molecule has 1 rings (SSSR count). The van der Waals surface area contributed by atoms with Gasteiger partial charge in [0.1, 0.15) is 5.82 Å². The number of carbonyl (C=O) groups excluding carboxylic acids is 1. The molecular weight excluding hydrogens is 216 g/mol. The second-order valence-corrected chi connectivity index (χ2v) is 4.16. The van der Waals surface area contributed by atoms with Gasteiger partial charge in [0.25, 0.3) is 0 Å². The summed E-state index contributed by atoms with van der Waals surface area (Å²) in [6.45, 7) is 6.08. The zero-order valence-electron chi connectivity index (χ0n) is 10.9. The Balaban J connectivity index is 2.78. The highest BCUT2D eigenvalue weighted by Crippen LogP contribution is 2.13. The van der Waals surface area contributed by atoms with Gasteiger partial charge in [-0.3, -0.25) is 0 Å². The van der Waals surface area contributed by atoms with E-state index >= 15 is 0 Å². The molecule has 0 aromatic carbocycles. The maximum absolute atomic E-state index is 11.4. The van der Waals surface area contributed by atoms with Gasteiger partial charge in [0.05, 0.1) is 18.4 Å². The number of rotatable bonds is 5. The van der Waals surface area contributed by atoms with Gasteiger partial charge in [0.2, 0.25) is 0 Å². The third-order valence-corrected chi connectivity index (χ3v) is 2.61. The van der Waals surface area contributed by atoms with Crippen LogP contribution in [-0.2, 0) is 4.74 Å². The molecule has 0 spiro atoms. The van der Waals surface area contributed by atoms with E-state index in [1.807, 2.05) is 13.0 Å². The Hall–Kier alpha value is -1.58. The molecule has 1 unspecified atom stereocenters. The van der Waals surface area contributed by atoms with Crippen molar-refractivity contribution in [2.24, 2.45) is 0 Å². The van der Waals surface area contributed by atoms with Gasteiger partial charge >= 0.3 is 5.97 Å². The lowest BCUT2D eigenvalue weighted by Crippen LogP contribution is -2.16. The molecule has 0 bridgehead atoms. The molecule has 0 aliphatic heterocycles. The number of hydrogen-bond acceptors (Lipinski definition) is 4. The molecule has 0 saturated carbocycles. The smallest absolute Gasteiger partial charge is 0.339 e. The molecule has 0 saturated heterocycles. The molecule has 0 fully saturated rings. The first kappa shape index (κ1) is 13.5. The summed E-state index contributed by atoms with van der Waals surface area (Å²) in [5, 5.41) is 3.30. The predicted octanol–water partition coefficient (Wildman–Crippen LogP) is 2.78. The first-order valence-corrected chi connectivity index (χ1v) is 5.91. The molecule has 0 amide bonds. The van der Waals surface area contributed by atoms with Crippen molar-refractivity contribution in [2.45, 2.75) is 39.7 Å². The summed E-state index contributed by atoms with van der Waals surface area (Å²) in [5.41, 5.74) is 1.20. The van der Waals surface area contributed by atoms with Gasteiger partial charge in [-0.25, -0.2) is 9.78 Å². The number of nitrogens with one attached hydrogen (secondary N) is 1. The highest BCUT2D eigenvalue weighted by Gasteiger charge is 2.11. The quantitative estimate of drug-likeness (QED) is 0.799. The topological polar surface area (TPSA) is 51.2 Å². The zero-order valence-corrected chi connectivity index (χ0v) is 10.9. The first-order chi connectivity index (χ1) is 8.08. The SMILES string of the molecule is CCCC(C)Nc1ccc(C(=O)OC)c(C)n1. The van der Waals surface area contributed by atoms with Crippen LogP contribution >= 0.6 is 0 Å². The average Bonchev–Trinajstić information content (AvgIpc) is 2.28. The zero-order chi connectivity index (χ0) is 12.8. The summed E-state index contributed by atoms with van der Waals surface area (Å²) < 4.78 is 4.68. The largest absolute Gasteiger partial charge is 0.465 e. The van der Waals surface area contributed by atoms with Crippen molar-refractivity contribution in [1.29, 1.82) is 0 Å². The van der Waals surface area contributed by atoms with E-state index in [1.54, 1.807) is 6.07 Å². The fourth-order valence-electron chi connectivity index (χ4n) is 1.72. The van der Waals surface area contributed by atoms with Gasteiger partial charge in [0.15, 0.2) is 0 Å². The van der Waals surface area contributed by atoms with Crippen LogP contribution in [0.2, 0.25) is 0 Å². The van der Waals surface area contributed by atoms with Gasteiger partial charge in [-0.05, 0) is 32.4 Å². The number of hydrogen-bond donors (Lipinski definition) is 1. The van der Waals surface area contributed by atoms with Gasteiger partial charge in [0, 0.05) is 6.04 Å². The minimum atomic E-state index is -0.344. The van der Waals surface area contributed by atoms with E-state index in [1.165, 1.54) is 7.11 Å². The predicted molar refractivity (Wildman–Crippen MR) is 68.3 cm³/mol. The number of anilines is 1. The fourth-order valence-corrected chi connectivity index (χ4v) is 1.72. The summed E-state index contributed by atoms with van der Waals surface area (Å²) in [6, 6.07) is 3.94. The molecule has 0 radical (unpaired) electrons. The molecular formula is C13H20N2O2. The van der Waals surface area contributed by atoms with Crippen LogP contribution in [0.3, 0.4) is 0 Å². The van der Waals surface area contributed by atoms with Crippen LogP contribution in [0, 0.1) is 6.92 Å². The number of ether oxygens (including phenoxy) is 1. The molecule has 4 nitrogen and oxygen atoms in total. The molecule has 0 aliphatic carbocycles. The molecule has 4 heteroatoms. The van der Waals surface area contributed by atoms with E-state index in [2.05, 4.69) is 28.9 Å². The Morgan fingerprint density at radius 1 is 1.53 bits per heavy atom. The highest BCUT2D eigenvalue weighted by atomic mass is 16.5. The van der Waals surface area contributed by atoms with Crippen molar-refractivity contribution >= 4 is 11.8 Å². The van der Waals surface area contributed by atoms with Gasteiger partial charge in [-0.15, -0.1) is 0 Å². The van der Waals surface area contributed by atoms with Crippen LogP contribution in [0.4, 0.5) is 5.82 Å². The normalized spacial score (nSPS) is 12.0. The van der Waals surface area contributed by atoms with Gasteiger partial charge in [-0.1, -0.05) is 13.3 Å². The summed E-state index contributed by atoms with van der Waals surface area (Å²) in [6.07, 6.45) is 2.23. The number of aromatic nitrogens is 1. The van der Waals surface area contributed by atoms with Crippen molar-refractivity contribution < 1.29 is 9.53 Å². The molecule has 1 heterocycles. The Labute approximate surface area is 102 Å². The molecule has 94 valence electrons. The van der Waals surface area contributed by atoms with E-state index < -0.39 is 0 Å². The van der Waals surface area contributed by atoms with E-state index in [9.17, 15) is 4.79 Å². The van der Waals surface area contributed by atoms with Crippen molar-refractivity contribution in [2.75, 3.05) is 12.4 Å². The first-order valence-electron chi connectivity index (χ1n) is 5.91. The Kier molecular flexibility index (Phi) is 4.94. The van der Waals surface area contributed by atoms with E-state index in [0.29, 0.717) is 17.3 Å². The molecule has 1 aromatic heterocycles. The Bertz CT molecular complexity index is 391. The van der Waals surface area contributed by atoms with Gasteiger partial charge in [-0.2, -0.15) is 0 Å². The Morgan fingerprint density at radius 2 is 2.24 bits per heavy atom. The van der Waals surface area contributed by atoms with Crippen LogP contribution in [-0.4, -0.2) is 24.1 Å². The van der Waals surface area contributed by atoms with Crippen LogP contribution in [0.15, 0.2) is 12.1 Å². The number of methoxy groups -OCH3 is 1.